The summed E-state index contributed by atoms with van der Waals surface area (Å²) in [5.41, 5.74) is -6.04. The minimum Gasteiger partial charge on any atom is -0.462 e. The van der Waals surface area contributed by atoms with Gasteiger partial charge < -0.3 is 14.2 Å². The number of rotatable bonds is 25. The highest BCUT2D eigenvalue weighted by molar-refractivity contribution is 7.48. The summed E-state index contributed by atoms with van der Waals surface area (Å²) in [5.74, 6) is -2.44. The summed E-state index contributed by atoms with van der Waals surface area (Å²) in [6.07, 6.45) is 8.03. The maximum Gasteiger partial charge on any atom is 0.475 e. The van der Waals surface area contributed by atoms with E-state index >= 15 is 0 Å². The average Bonchev–Trinajstić information content (AvgIpc) is 2.99. The van der Waals surface area contributed by atoms with Crippen molar-refractivity contribution in [1.82, 2.24) is 0 Å². The van der Waals surface area contributed by atoms with Crippen molar-refractivity contribution >= 4 is 19.8 Å². The molecule has 0 unspecified atom stereocenters. The molecule has 290 valence electrons. The van der Waals surface area contributed by atoms with Crippen LogP contribution in [0, 0.1) is 0 Å². The van der Waals surface area contributed by atoms with Gasteiger partial charge in [-0.05, 0) is 48.0 Å². The van der Waals surface area contributed by atoms with Crippen LogP contribution in [0.25, 0.3) is 0 Å². The molecule has 0 spiro atoms. The zero-order valence-electron chi connectivity index (χ0n) is 31.5. The molecule has 0 saturated carbocycles. The summed E-state index contributed by atoms with van der Waals surface area (Å²) >= 11 is 0. The Hall–Kier alpha value is -1.98. The van der Waals surface area contributed by atoms with Gasteiger partial charge in [-0.15, -0.1) is 0 Å². The second kappa shape index (κ2) is 22.2. The molecular weight excluding hydrogens is 676 g/mol. The van der Waals surface area contributed by atoms with Crippen molar-refractivity contribution in [2.45, 2.75) is 167 Å². The molecule has 0 aromatic heterocycles. The summed E-state index contributed by atoms with van der Waals surface area (Å²) in [7, 11) is -3.63. The molecule has 0 N–H and O–H groups in total. The number of phosphoric ester groups is 1. The number of hydrogen-bond donors (Lipinski definition) is 0. The van der Waals surface area contributed by atoms with Gasteiger partial charge in [0, 0.05) is 19.1 Å². The molecule has 1 aromatic rings. The highest BCUT2D eigenvalue weighted by Gasteiger charge is 2.64. The second-order valence-electron chi connectivity index (χ2n) is 14.6. The third-order valence-corrected chi connectivity index (χ3v) is 9.56. The zero-order valence-corrected chi connectivity index (χ0v) is 32.4. The van der Waals surface area contributed by atoms with Crippen molar-refractivity contribution in [3.63, 3.8) is 0 Å². The predicted octanol–water partition coefficient (Wildman–Crippen LogP) is 10.8. The first-order chi connectivity index (χ1) is 23.3. The topological polar surface area (TPSA) is 107 Å². The van der Waals surface area contributed by atoms with Crippen molar-refractivity contribution in [3.05, 3.63) is 35.9 Å². The molecular formula is C37H62F3O9P. The lowest BCUT2D eigenvalue weighted by molar-refractivity contribution is -0.279. The molecule has 0 aliphatic carbocycles. The molecule has 0 amide bonds. The van der Waals surface area contributed by atoms with E-state index in [1.165, 1.54) is 69.6 Å². The first kappa shape index (κ1) is 46.0. The van der Waals surface area contributed by atoms with E-state index in [9.17, 15) is 27.3 Å². The Balaban J connectivity index is 2.91. The van der Waals surface area contributed by atoms with Gasteiger partial charge >= 0.3 is 25.9 Å². The smallest absolute Gasteiger partial charge is 0.462 e. The van der Waals surface area contributed by atoms with Crippen LogP contribution in [0.2, 0.25) is 0 Å². The molecule has 13 heteroatoms. The minimum absolute atomic E-state index is 0.0760. The largest absolute Gasteiger partial charge is 0.475 e. The SMILES string of the molecule is CCCCCCCCCCCCCCCC(=O)OC[C@@H](COP(=O)(OC(C)(C)C)OC(C)(C)C)OC(=O)[C@@](OC)(c1ccccc1)C(F)(F)F. The summed E-state index contributed by atoms with van der Waals surface area (Å²) in [5, 5.41) is 0. The highest BCUT2D eigenvalue weighted by Crippen LogP contribution is 2.55. The van der Waals surface area contributed by atoms with Crippen molar-refractivity contribution < 1.29 is 55.1 Å². The normalized spacial score (nSPS) is 14.6. The monoisotopic (exact) mass is 738 g/mol. The molecule has 0 aliphatic heterocycles. The van der Waals surface area contributed by atoms with Crippen molar-refractivity contribution in [2.24, 2.45) is 0 Å². The van der Waals surface area contributed by atoms with Gasteiger partial charge in [-0.2, -0.15) is 13.2 Å². The number of esters is 2. The Kier molecular flexibility index (Phi) is 20.4. The van der Waals surface area contributed by atoms with Gasteiger partial charge in [-0.25, -0.2) is 9.36 Å². The first-order valence-corrected chi connectivity index (χ1v) is 19.4. The van der Waals surface area contributed by atoms with Gasteiger partial charge in [-0.3, -0.25) is 18.4 Å². The Morgan fingerprint density at radius 2 is 1.18 bits per heavy atom. The fourth-order valence-corrected chi connectivity index (χ4v) is 7.03. The molecule has 0 bridgehead atoms. The molecule has 1 aromatic carbocycles. The Labute approximate surface area is 298 Å². The number of unbranched alkanes of at least 4 members (excludes halogenated alkanes) is 12. The third-order valence-electron chi connectivity index (χ3n) is 7.55. The minimum atomic E-state index is -5.24. The lowest BCUT2D eigenvalue weighted by Crippen LogP contribution is -2.53. The molecule has 0 saturated heterocycles. The number of methoxy groups -OCH3 is 1. The van der Waals surface area contributed by atoms with E-state index in [-0.39, 0.29) is 6.42 Å². The van der Waals surface area contributed by atoms with Gasteiger partial charge in [0.1, 0.15) is 6.61 Å². The quantitative estimate of drug-likeness (QED) is 0.0550. The molecule has 2 atom stereocenters. The molecule has 0 radical (unpaired) electrons. The van der Waals surface area contributed by atoms with E-state index in [1.54, 1.807) is 41.5 Å². The molecule has 0 fully saturated rings. The maximum absolute atomic E-state index is 14.6. The molecule has 9 nitrogen and oxygen atoms in total. The summed E-state index contributed by atoms with van der Waals surface area (Å²) in [6, 6.07) is 6.31. The van der Waals surface area contributed by atoms with Gasteiger partial charge in [0.2, 0.25) is 0 Å². The third kappa shape index (κ3) is 18.0. The first-order valence-electron chi connectivity index (χ1n) is 18.0. The highest BCUT2D eigenvalue weighted by atomic mass is 31.2. The summed E-state index contributed by atoms with van der Waals surface area (Å²) in [6.45, 7) is 10.5. The van der Waals surface area contributed by atoms with Gasteiger partial charge in [-0.1, -0.05) is 114 Å². The fourth-order valence-electron chi connectivity index (χ4n) is 5.20. The molecule has 0 aliphatic rings. The van der Waals surface area contributed by atoms with Crippen molar-refractivity contribution in [1.29, 1.82) is 0 Å². The predicted molar refractivity (Wildman–Crippen MR) is 188 cm³/mol. The maximum atomic E-state index is 14.6. The second-order valence-corrected chi connectivity index (χ2v) is 16.1. The number of phosphoric acid groups is 1. The van der Waals surface area contributed by atoms with Crippen LogP contribution in [0.15, 0.2) is 30.3 Å². The van der Waals surface area contributed by atoms with Crippen LogP contribution >= 0.6 is 7.82 Å². The summed E-state index contributed by atoms with van der Waals surface area (Å²) < 4.78 is 89.4. The Morgan fingerprint density at radius 1 is 0.720 bits per heavy atom. The number of hydrogen-bond acceptors (Lipinski definition) is 9. The van der Waals surface area contributed by atoms with E-state index in [1.807, 2.05) is 0 Å². The van der Waals surface area contributed by atoms with Crippen LogP contribution in [0.5, 0.6) is 0 Å². The number of alkyl halides is 3. The molecule has 0 heterocycles. The number of ether oxygens (including phenoxy) is 3. The Bertz CT molecular complexity index is 1130. The van der Waals surface area contributed by atoms with Gasteiger partial charge in [0.15, 0.2) is 6.10 Å². The van der Waals surface area contributed by atoms with Crippen LogP contribution in [-0.4, -0.2) is 55.7 Å². The molecule has 1 rings (SSSR count). The summed E-state index contributed by atoms with van der Waals surface area (Å²) in [4.78, 5) is 26.0. The number of benzene rings is 1. The lowest BCUT2D eigenvalue weighted by Gasteiger charge is -2.34. The van der Waals surface area contributed by atoms with Crippen molar-refractivity contribution in [3.8, 4) is 0 Å². The van der Waals surface area contributed by atoms with Crippen molar-refractivity contribution in [2.75, 3.05) is 20.3 Å². The van der Waals surface area contributed by atoms with Crippen LogP contribution in [0.3, 0.4) is 0 Å². The van der Waals surface area contributed by atoms with E-state index in [0.29, 0.717) is 6.42 Å². The van der Waals surface area contributed by atoms with Gasteiger partial charge in [0.25, 0.3) is 5.60 Å². The van der Waals surface area contributed by atoms with Crippen LogP contribution in [-0.2, 0) is 47.5 Å². The fraction of sp³-hybridized carbons (Fsp3) is 0.784. The van der Waals surface area contributed by atoms with Crippen LogP contribution < -0.4 is 0 Å². The van der Waals surface area contributed by atoms with Crippen LogP contribution in [0.1, 0.15) is 144 Å². The van der Waals surface area contributed by atoms with E-state index < -0.39 is 67.6 Å². The number of carbonyl (C=O) groups is 2. The van der Waals surface area contributed by atoms with Crippen LogP contribution in [0.4, 0.5) is 13.2 Å². The average molecular weight is 739 g/mol. The number of carbonyl (C=O) groups excluding carboxylic acids is 2. The molecule has 50 heavy (non-hydrogen) atoms. The standard InChI is InChI=1S/C37H62F3O9P/c1-9-10-11-12-13-14-15-16-17-18-19-20-24-27-32(41)45-28-31(29-46-50(43,48-34(2,3)4)49-35(5,6)7)47-33(42)36(44-8,37(38,39)40)30-25-22-21-23-26-30/h21-23,25-26,31H,9-20,24,27-29H2,1-8H3/t31-,36-/m0/s1. The zero-order chi connectivity index (χ0) is 37.9. The Morgan fingerprint density at radius 3 is 1.60 bits per heavy atom. The van der Waals surface area contributed by atoms with E-state index in [2.05, 4.69) is 6.92 Å². The van der Waals surface area contributed by atoms with Gasteiger partial charge in [0.05, 0.1) is 17.8 Å². The van der Waals surface area contributed by atoms with E-state index in [4.69, 9.17) is 27.8 Å². The van der Waals surface area contributed by atoms with E-state index in [0.717, 1.165) is 44.9 Å². The number of halogens is 3. The lowest BCUT2D eigenvalue weighted by atomic mass is 9.92.